The lowest BCUT2D eigenvalue weighted by molar-refractivity contribution is -0.116. The molecule has 0 saturated carbocycles. The van der Waals surface area contributed by atoms with Crippen molar-refractivity contribution in [2.45, 2.75) is 45.6 Å². The van der Waals surface area contributed by atoms with Crippen LogP contribution in [-0.4, -0.2) is 24.4 Å². The average Bonchev–Trinajstić information content (AvgIpc) is 2.43. The lowest BCUT2D eigenvalue weighted by atomic mass is 10.1. The molecule has 0 heterocycles. The fraction of sp³-hybridized carbons (Fsp3) is 0.500. The zero-order chi connectivity index (χ0) is 15.7. The Labute approximate surface area is 126 Å². The smallest absolute Gasteiger partial charge is 0.251 e. The van der Waals surface area contributed by atoms with Gasteiger partial charge in [0.1, 0.15) is 0 Å². The molecule has 0 aromatic heterocycles. The van der Waals surface area contributed by atoms with Crippen LogP contribution in [-0.2, 0) is 4.79 Å². The van der Waals surface area contributed by atoms with Crippen molar-refractivity contribution >= 4 is 17.5 Å². The van der Waals surface area contributed by atoms with E-state index in [9.17, 15) is 9.59 Å². The second-order valence-corrected chi connectivity index (χ2v) is 5.36. The summed E-state index contributed by atoms with van der Waals surface area (Å²) in [7, 11) is 0. The predicted octanol–water partition coefficient (Wildman–Crippen LogP) is 2.28. The third-order valence-corrected chi connectivity index (χ3v) is 2.94. The highest BCUT2D eigenvalue weighted by molar-refractivity contribution is 5.97. The molecular weight excluding hydrogens is 266 g/mol. The lowest BCUT2D eigenvalue weighted by Gasteiger charge is -2.10. The van der Waals surface area contributed by atoms with Crippen LogP contribution < -0.4 is 16.4 Å². The maximum Gasteiger partial charge on any atom is 0.251 e. The molecule has 4 N–H and O–H groups in total. The normalized spacial score (nSPS) is 10.5. The SMILES string of the molecule is CC(C)NC(=O)c1cccc(NC(=O)CCCCCN)c1. The van der Waals surface area contributed by atoms with Crippen molar-refractivity contribution in [2.75, 3.05) is 11.9 Å². The summed E-state index contributed by atoms with van der Waals surface area (Å²) in [4.78, 5) is 23.7. The molecule has 0 fully saturated rings. The van der Waals surface area contributed by atoms with Crippen molar-refractivity contribution in [3.05, 3.63) is 29.8 Å². The number of nitrogens with one attached hydrogen (secondary N) is 2. The molecular formula is C16H25N3O2. The van der Waals surface area contributed by atoms with E-state index in [1.54, 1.807) is 24.3 Å². The molecule has 0 radical (unpaired) electrons. The first-order chi connectivity index (χ1) is 10.0. The molecule has 0 aliphatic heterocycles. The number of hydrogen-bond donors (Lipinski definition) is 3. The van der Waals surface area contributed by atoms with E-state index in [0.29, 0.717) is 24.2 Å². The molecule has 0 bridgehead atoms. The average molecular weight is 291 g/mol. The van der Waals surface area contributed by atoms with Crippen molar-refractivity contribution in [3.8, 4) is 0 Å². The van der Waals surface area contributed by atoms with Gasteiger partial charge < -0.3 is 16.4 Å². The molecule has 1 rings (SSSR count). The maximum atomic E-state index is 11.9. The number of amides is 2. The molecule has 21 heavy (non-hydrogen) atoms. The Balaban J connectivity index is 2.52. The highest BCUT2D eigenvalue weighted by Gasteiger charge is 2.08. The summed E-state index contributed by atoms with van der Waals surface area (Å²) in [5.74, 6) is -0.169. The molecule has 5 heteroatoms. The maximum absolute atomic E-state index is 11.9. The van der Waals surface area contributed by atoms with E-state index in [-0.39, 0.29) is 17.9 Å². The Hall–Kier alpha value is -1.88. The number of carbonyl (C=O) groups is 2. The largest absolute Gasteiger partial charge is 0.350 e. The van der Waals surface area contributed by atoms with Gasteiger partial charge in [0.05, 0.1) is 0 Å². The van der Waals surface area contributed by atoms with E-state index in [4.69, 9.17) is 5.73 Å². The Morgan fingerprint density at radius 3 is 2.62 bits per heavy atom. The van der Waals surface area contributed by atoms with Gasteiger partial charge in [-0.2, -0.15) is 0 Å². The van der Waals surface area contributed by atoms with Gasteiger partial charge in [0, 0.05) is 23.7 Å². The molecule has 116 valence electrons. The molecule has 0 unspecified atom stereocenters. The Morgan fingerprint density at radius 2 is 1.95 bits per heavy atom. The summed E-state index contributed by atoms with van der Waals surface area (Å²) in [5, 5.41) is 5.64. The van der Waals surface area contributed by atoms with Crippen molar-refractivity contribution in [3.63, 3.8) is 0 Å². The number of anilines is 1. The Morgan fingerprint density at radius 1 is 1.19 bits per heavy atom. The number of nitrogens with two attached hydrogens (primary N) is 1. The third kappa shape index (κ3) is 6.90. The van der Waals surface area contributed by atoms with Gasteiger partial charge in [-0.3, -0.25) is 9.59 Å². The molecule has 0 atom stereocenters. The zero-order valence-corrected chi connectivity index (χ0v) is 12.8. The summed E-state index contributed by atoms with van der Waals surface area (Å²) >= 11 is 0. The molecule has 0 spiro atoms. The minimum atomic E-state index is -0.135. The van der Waals surface area contributed by atoms with Crippen molar-refractivity contribution in [2.24, 2.45) is 5.73 Å². The van der Waals surface area contributed by atoms with Crippen molar-refractivity contribution in [1.82, 2.24) is 5.32 Å². The van der Waals surface area contributed by atoms with Crippen molar-refractivity contribution < 1.29 is 9.59 Å². The molecule has 1 aromatic rings. The predicted molar refractivity (Wildman–Crippen MR) is 85.2 cm³/mol. The lowest BCUT2D eigenvalue weighted by Crippen LogP contribution is -2.30. The standard InChI is InChI=1S/C16H25N3O2/c1-12(2)18-16(21)13-7-6-8-14(11-13)19-15(20)9-4-3-5-10-17/h6-8,11-12H,3-5,9-10,17H2,1-2H3,(H,18,21)(H,19,20). The summed E-state index contributed by atoms with van der Waals surface area (Å²) < 4.78 is 0. The molecule has 0 aliphatic carbocycles. The fourth-order valence-corrected chi connectivity index (χ4v) is 1.91. The van der Waals surface area contributed by atoms with Gasteiger partial charge in [0.25, 0.3) is 5.91 Å². The quantitative estimate of drug-likeness (QED) is 0.642. The molecule has 2 amide bonds. The van der Waals surface area contributed by atoms with Crippen LogP contribution >= 0.6 is 0 Å². The number of hydrogen-bond acceptors (Lipinski definition) is 3. The summed E-state index contributed by atoms with van der Waals surface area (Å²) in [6.45, 7) is 4.48. The van der Waals surface area contributed by atoms with Crippen LogP contribution in [0, 0.1) is 0 Å². The number of rotatable bonds is 8. The summed E-state index contributed by atoms with van der Waals surface area (Å²) in [5.41, 5.74) is 6.60. The first-order valence-corrected chi connectivity index (χ1v) is 7.43. The Bertz CT molecular complexity index is 472. The summed E-state index contributed by atoms with van der Waals surface area (Å²) in [6.07, 6.45) is 3.21. The first-order valence-electron chi connectivity index (χ1n) is 7.43. The summed E-state index contributed by atoms with van der Waals surface area (Å²) in [6, 6.07) is 7.05. The third-order valence-electron chi connectivity index (χ3n) is 2.94. The number of unbranched alkanes of at least 4 members (excludes halogenated alkanes) is 2. The fourth-order valence-electron chi connectivity index (χ4n) is 1.91. The van der Waals surface area contributed by atoms with Crippen LogP contribution in [0.5, 0.6) is 0 Å². The Kier molecular flexibility index (Phi) is 7.46. The number of carbonyl (C=O) groups excluding carboxylic acids is 2. The van der Waals surface area contributed by atoms with E-state index in [0.717, 1.165) is 19.3 Å². The minimum absolute atomic E-state index is 0.0339. The second-order valence-electron chi connectivity index (χ2n) is 5.36. The van der Waals surface area contributed by atoms with Gasteiger partial charge in [0.15, 0.2) is 0 Å². The van der Waals surface area contributed by atoms with E-state index in [1.807, 2.05) is 13.8 Å². The molecule has 1 aromatic carbocycles. The van der Waals surface area contributed by atoms with Crippen LogP contribution in [0.25, 0.3) is 0 Å². The van der Waals surface area contributed by atoms with E-state index < -0.39 is 0 Å². The minimum Gasteiger partial charge on any atom is -0.350 e. The van der Waals surface area contributed by atoms with Crippen LogP contribution in [0.2, 0.25) is 0 Å². The molecule has 0 aliphatic rings. The van der Waals surface area contributed by atoms with Gasteiger partial charge in [-0.1, -0.05) is 12.5 Å². The van der Waals surface area contributed by atoms with Gasteiger partial charge in [-0.05, 0) is 51.4 Å². The van der Waals surface area contributed by atoms with Crippen molar-refractivity contribution in [1.29, 1.82) is 0 Å². The van der Waals surface area contributed by atoms with E-state index >= 15 is 0 Å². The zero-order valence-electron chi connectivity index (χ0n) is 12.8. The van der Waals surface area contributed by atoms with Crippen LogP contribution in [0.4, 0.5) is 5.69 Å². The van der Waals surface area contributed by atoms with Gasteiger partial charge in [-0.25, -0.2) is 0 Å². The first kappa shape index (κ1) is 17.2. The van der Waals surface area contributed by atoms with Gasteiger partial charge >= 0.3 is 0 Å². The van der Waals surface area contributed by atoms with Gasteiger partial charge in [0.2, 0.25) is 5.91 Å². The second kappa shape index (κ2) is 9.13. The van der Waals surface area contributed by atoms with E-state index in [1.165, 1.54) is 0 Å². The van der Waals surface area contributed by atoms with Gasteiger partial charge in [-0.15, -0.1) is 0 Å². The highest BCUT2D eigenvalue weighted by Crippen LogP contribution is 2.12. The topological polar surface area (TPSA) is 84.2 Å². The molecule has 5 nitrogen and oxygen atoms in total. The van der Waals surface area contributed by atoms with Crippen LogP contribution in [0.15, 0.2) is 24.3 Å². The van der Waals surface area contributed by atoms with Crippen LogP contribution in [0.3, 0.4) is 0 Å². The number of benzene rings is 1. The van der Waals surface area contributed by atoms with E-state index in [2.05, 4.69) is 10.6 Å². The molecule has 0 saturated heterocycles. The van der Waals surface area contributed by atoms with Crippen LogP contribution in [0.1, 0.15) is 49.9 Å². The monoisotopic (exact) mass is 291 g/mol. The highest BCUT2D eigenvalue weighted by atomic mass is 16.2.